The molecule has 3 aliphatic heterocycles. The second-order valence-corrected chi connectivity index (χ2v) is 18.6. The Balaban J connectivity index is 0.800. The van der Waals surface area contributed by atoms with E-state index in [4.69, 9.17) is 5.10 Å². The van der Waals surface area contributed by atoms with Gasteiger partial charge in [0.05, 0.1) is 41.5 Å². The largest absolute Gasteiger partial charge is 0.355 e. The average Bonchev–Trinajstić information content (AvgIpc) is 4.04. The Morgan fingerprint density at radius 3 is 2.49 bits per heavy atom. The standard InChI is InChI=1S/C47H56F2N12O6S/c1-29-46(61(66)67)68-47(52-29)54-45(65)34-12-7-8-13-38(34)53-41(63)14-6-4-5-9-18-50-42(64)28-57-20-15-33(16-21-57)60-39-17-22-58(30(2)62)27-37(39)44(55-60)59-19-10-11-31-23-35(32-25-51-56(3)26-32)36(43(48)49)24-40(31)59/h7-8,12-13,23-26,33,43H,4-6,9-11,14-22,27-28H2,1-3H3,(H,50,64)(H,53,63)(H,52,54,65). The van der Waals surface area contributed by atoms with Crippen LogP contribution in [0.25, 0.3) is 11.1 Å². The highest BCUT2D eigenvalue weighted by atomic mass is 32.1. The molecule has 0 bridgehead atoms. The third-order valence-electron chi connectivity index (χ3n) is 12.9. The molecule has 6 heterocycles. The van der Waals surface area contributed by atoms with Crippen LogP contribution in [0.15, 0.2) is 48.8 Å². The maximum Gasteiger partial charge on any atom is 0.348 e. The van der Waals surface area contributed by atoms with Crippen LogP contribution >= 0.6 is 11.3 Å². The van der Waals surface area contributed by atoms with Gasteiger partial charge in [0.25, 0.3) is 12.3 Å². The second-order valence-electron chi connectivity index (χ2n) is 17.6. The molecular weight excluding hydrogens is 899 g/mol. The van der Waals surface area contributed by atoms with Crippen LogP contribution in [-0.4, -0.2) is 102 Å². The minimum atomic E-state index is -2.69. The molecule has 68 heavy (non-hydrogen) atoms. The lowest BCUT2D eigenvalue weighted by molar-refractivity contribution is -0.380. The van der Waals surface area contributed by atoms with E-state index in [0.717, 1.165) is 84.6 Å². The molecule has 21 heteroatoms. The summed E-state index contributed by atoms with van der Waals surface area (Å²) < 4.78 is 33.1. The highest BCUT2D eigenvalue weighted by molar-refractivity contribution is 7.19. The van der Waals surface area contributed by atoms with E-state index in [2.05, 4.69) is 40.5 Å². The predicted molar refractivity (Wildman–Crippen MR) is 253 cm³/mol. The van der Waals surface area contributed by atoms with Crippen molar-refractivity contribution >= 4 is 62.3 Å². The van der Waals surface area contributed by atoms with Crippen LogP contribution < -0.4 is 20.9 Å². The maximum absolute atomic E-state index is 14.7. The van der Waals surface area contributed by atoms with Crippen molar-refractivity contribution in [2.45, 2.75) is 97.1 Å². The molecule has 0 spiro atoms. The van der Waals surface area contributed by atoms with E-state index in [1.165, 1.54) is 6.92 Å². The number of aromatic nitrogens is 5. The van der Waals surface area contributed by atoms with Gasteiger partial charge in [0.1, 0.15) is 5.69 Å². The SMILES string of the molecule is CC(=O)N1CCc2c(c(N3CCCc4cc(-c5cnn(C)c5)c(C(F)F)cc43)nn2C2CCN(CC(=O)NCCCCCCC(=O)Nc3ccccc3C(=O)Nc3nc(C)c([N+](=O)[O-])s3)CC2)C1. The first-order chi connectivity index (χ1) is 32.7. The van der Waals surface area contributed by atoms with Crippen molar-refractivity contribution in [2.24, 2.45) is 7.05 Å². The van der Waals surface area contributed by atoms with Gasteiger partial charge < -0.3 is 20.4 Å². The zero-order valence-electron chi connectivity index (χ0n) is 38.4. The van der Waals surface area contributed by atoms with Gasteiger partial charge >= 0.3 is 5.00 Å². The first-order valence-corrected chi connectivity index (χ1v) is 23.9. The molecule has 5 aromatic rings. The fraction of sp³-hybridized carbons (Fsp3) is 0.468. The van der Waals surface area contributed by atoms with Gasteiger partial charge in [0.15, 0.2) is 10.9 Å². The number of nitrogens with one attached hydrogen (secondary N) is 3. The van der Waals surface area contributed by atoms with Gasteiger partial charge in [0.2, 0.25) is 17.7 Å². The molecule has 0 atom stereocenters. The molecule has 3 N–H and O–H groups in total. The molecule has 18 nitrogen and oxygen atoms in total. The van der Waals surface area contributed by atoms with Crippen molar-refractivity contribution in [3.63, 3.8) is 0 Å². The number of amides is 4. The molecule has 3 aliphatic rings. The van der Waals surface area contributed by atoms with Crippen LogP contribution in [0.5, 0.6) is 0 Å². The quantitative estimate of drug-likeness (QED) is 0.0473. The van der Waals surface area contributed by atoms with Crippen molar-refractivity contribution < 1.29 is 32.9 Å². The van der Waals surface area contributed by atoms with E-state index in [1.54, 1.807) is 61.4 Å². The van der Waals surface area contributed by atoms with Crippen molar-refractivity contribution in [2.75, 3.05) is 54.8 Å². The fourth-order valence-electron chi connectivity index (χ4n) is 9.43. The van der Waals surface area contributed by atoms with E-state index in [-0.39, 0.29) is 63.7 Å². The van der Waals surface area contributed by atoms with E-state index in [0.29, 0.717) is 68.9 Å². The van der Waals surface area contributed by atoms with Crippen LogP contribution in [-0.2, 0) is 40.8 Å². The Morgan fingerprint density at radius 2 is 1.76 bits per heavy atom. The summed E-state index contributed by atoms with van der Waals surface area (Å²) in [6.07, 6.45) is 7.68. The number of rotatable bonds is 17. The second kappa shape index (κ2) is 21.1. The molecule has 360 valence electrons. The van der Waals surface area contributed by atoms with Crippen LogP contribution in [0.2, 0.25) is 0 Å². The minimum absolute atomic E-state index is 0.0196. The first kappa shape index (κ1) is 47.9. The molecule has 8 rings (SSSR count). The number of nitro groups is 1. The molecule has 1 fully saturated rings. The monoisotopic (exact) mass is 954 g/mol. The van der Waals surface area contributed by atoms with Gasteiger partial charge in [-0.25, -0.2) is 13.8 Å². The number of carbonyl (C=O) groups excluding carboxylic acids is 4. The number of hydrogen-bond donors (Lipinski definition) is 3. The summed E-state index contributed by atoms with van der Waals surface area (Å²) in [7, 11) is 1.77. The number of piperidine rings is 1. The van der Waals surface area contributed by atoms with Gasteiger partial charge in [-0.05, 0) is 92.2 Å². The summed E-state index contributed by atoms with van der Waals surface area (Å²) in [4.78, 5) is 72.1. The zero-order valence-corrected chi connectivity index (χ0v) is 39.2. The smallest absolute Gasteiger partial charge is 0.348 e. The number of fused-ring (bicyclic) bond motifs is 2. The topological polar surface area (TPSA) is 206 Å². The lowest BCUT2D eigenvalue weighted by Crippen LogP contribution is -2.42. The lowest BCUT2D eigenvalue weighted by atomic mass is 9.92. The Hall–Kier alpha value is -6.61. The third-order valence-corrected chi connectivity index (χ3v) is 13.9. The number of alkyl halides is 2. The van der Waals surface area contributed by atoms with E-state index in [1.807, 2.05) is 11.0 Å². The Kier molecular flexibility index (Phi) is 14.9. The van der Waals surface area contributed by atoms with Gasteiger partial charge in [-0.1, -0.05) is 25.0 Å². The summed E-state index contributed by atoms with van der Waals surface area (Å²) in [5.74, 6) is -0.138. The van der Waals surface area contributed by atoms with E-state index in [9.17, 15) is 38.1 Å². The van der Waals surface area contributed by atoms with Crippen LogP contribution in [0.3, 0.4) is 0 Å². The Morgan fingerprint density at radius 1 is 0.985 bits per heavy atom. The summed E-state index contributed by atoms with van der Waals surface area (Å²) in [6, 6.07) is 10.1. The number of aryl methyl sites for hydroxylation is 3. The average molecular weight is 955 g/mol. The summed E-state index contributed by atoms with van der Waals surface area (Å²) in [5.41, 5.74) is 5.55. The van der Waals surface area contributed by atoms with Crippen molar-refractivity contribution in [1.29, 1.82) is 0 Å². The number of benzene rings is 2. The molecule has 0 unspecified atom stereocenters. The summed E-state index contributed by atoms with van der Waals surface area (Å²) in [5, 5.41) is 29.0. The van der Waals surface area contributed by atoms with Gasteiger partial charge in [0, 0.05) is 93.8 Å². The number of nitrogens with zero attached hydrogens (tertiary/aromatic N) is 9. The minimum Gasteiger partial charge on any atom is -0.355 e. The molecular formula is C47H56F2N12O6S. The number of halogens is 2. The zero-order chi connectivity index (χ0) is 48.1. The number of thiazole rings is 1. The molecule has 0 radical (unpaired) electrons. The van der Waals surface area contributed by atoms with E-state index < -0.39 is 17.3 Å². The molecule has 0 aliphatic carbocycles. The number of hydrogen-bond acceptors (Lipinski definition) is 12. The summed E-state index contributed by atoms with van der Waals surface area (Å²) >= 11 is 0.764. The molecule has 2 aromatic carbocycles. The summed E-state index contributed by atoms with van der Waals surface area (Å²) in [6.45, 7) is 6.87. The van der Waals surface area contributed by atoms with Crippen LogP contribution in [0.4, 0.5) is 36.1 Å². The van der Waals surface area contributed by atoms with Crippen molar-refractivity contribution in [3.05, 3.63) is 92.5 Å². The predicted octanol–water partition coefficient (Wildman–Crippen LogP) is 7.48. The van der Waals surface area contributed by atoms with Crippen LogP contribution in [0.1, 0.15) is 109 Å². The maximum atomic E-state index is 14.7. The molecule has 4 amide bonds. The molecule has 0 saturated carbocycles. The number of anilines is 4. The van der Waals surface area contributed by atoms with Crippen LogP contribution in [0, 0.1) is 17.0 Å². The number of likely N-dealkylation sites (tertiary alicyclic amines) is 1. The highest BCUT2D eigenvalue weighted by Gasteiger charge is 2.35. The fourth-order valence-corrected chi connectivity index (χ4v) is 10.2. The van der Waals surface area contributed by atoms with Gasteiger partial charge in [-0.2, -0.15) is 10.2 Å². The van der Waals surface area contributed by atoms with Crippen molar-refractivity contribution in [1.82, 2.24) is 39.7 Å². The first-order valence-electron chi connectivity index (χ1n) is 23.1. The molecule has 3 aromatic heterocycles. The Labute approximate surface area is 396 Å². The number of unbranched alkanes of at least 4 members (excludes halogenated alkanes) is 3. The van der Waals surface area contributed by atoms with Gasteiger partial charge in [-0.15, -0.1) is 0 Å². The Bertz CT molecular complexity index is 2690. The normalized spacial score (nSPS) is 15.3. The highest BCUT2D eigenvalue weighted by Crippen LogP contribution is 2.44. The van der Waals surface area contributed by atoms with Crippen molar-refractivity contribution in [3.8, 4) is 11.1 Å². The lowest BCUT2D eigenvalue weighted by Gasteiger charge is -2.33. The molecule has 1 saturated heterocycles. The number of carbonyl (C=O) groups is 4. The number of para-hydroxylation sites is 1. The van der Waals surface area contributed by atoms with Gasteiger partial charge in [-0.3, -0.25) is 48.9 Å². The third kappa shape index (κ3) is 10.9. The van der Waals surface area contributed by atoms with E-state index >= 15 is 0 Å².